The number of benzene rings is 1. The highest BCUT2D eigenvalue weighted by molar-refractivity contribution is 14.0. The van der Waals surface area contributed by atoms with Crippen molar-refractivity contribution in [3.8, 4) is 11.3 Å². The average molecular weight is 462 g/mol. The molecule has 1 aromatic carbocycles. The summed E-state index contributed by atoms with van der Waals surface area (Å²) in [6.07, 6.45) is 2.10. The van der Waals surface area contributed by atoms with E-state index >= 15 is 0 Å². The number of halogens is 1. The summed E-state index contributed by atoms with van der Waals surface area (Å²) >= 11 is 3.48. The number of nitrogens with one attached hydrogen (secondary N) is 2. The molecule has 0 spiro atoms. The summed E-state index contributed by atoms with van der Waals surface area (Å²) in [5, 5.41) is 9.70. The highest BCUT2D eigenvalue weighted by Crippen LogP contribution is 2.21. The zero-order valence-electron chi connectivity index (χ0n) is 13.4. The number of aliphatic imine (C=N–C) groups is 1. The zero-order valence-corrected chi connectivity index (χ0v) is 17.4. The first-order valence-electron chi connectivity index (χ1n) is 7.34. The van der Waals surface area contributed by atoms with E-state index in [0.29, 0.717) is 6.54 Å². The molecule has 0 aliphatic heterocycles. The van der Waals surface area contributed by atoms with Gasteiger partial charge in [-0.15, -0.1) is 35.3 Å². The van der Waals surface area contributed by atoms with Crippen LogP contribution in [0.25, 0.3) is 11.3 Å². The third kappa shape index (κ3) is 7.09. The van der Waals surface area contributed by atoms with Gasteiger partial charge in [-0.05, 0) is 13.2 Å². The number of thiazole rings is 1. The van der Waals surface area contributed by atoms with Crippen LogP contribution in [0.2, 0.25) is 0 Å². The Kier molecular flexibility index (Phi) is 10.3. The number of hydrogen-bond acceptors (Lipinski definition) is 4. The standard InChI is InChI=1S/C16H22N4S2.HI/c1-3-17-16(18-9-10-21-2)19-11-15-20-14(12-22-15)13-7-5-4-6-8-13;/h4-8,12H,3,9-11H2,1-2H3,(H2,17,18,19);1H. The molecule has 2 N–H and O–H groups in total. The second kappa shape index (κ2) is 11.7. The molecule has 0 bridgehead atoms. The van der Waals surface area contributed by atoms with E-state index in [1.807, 2.05) is 30.0 Å². The van der Waals surface area contributed by atoms with E-state index in [1.54, 1.807) is 11.3 Å². The fourth-order valence-corrected chi connectivity index (χ4v) is 2.92. The van der Waals surface area contributed by atoms with Crippen LogP contribution in [0.3, 0.4) is 0 Å². The average Bonchev–Trinajstić information content (AvgIpc) is 3.03. The molecule has 0 unspecified atom stereocenters. The van der Waals surface area contributed by atoms with Gasteiger partial charge in [0, 0.05) is 29.8 Å². The first-order valence-corrected chi connectivity index (χ1v) is 9.61. The zero-order chi connectivity index (χ0) is 15.6. The molecule has 2 rings (SSSR count). The van der Waals surface area contributed by atoms with Gasteiger partial charge in [0.15, 0.2) is 5.96 Å². The smallest absolute Gasteiger partial charge is 0.191 e. The normalized spacial score (nSPS) is 11.0. The van der Waals surface area contributed by atoms with Crippen molar-refractivity contribution in [2.45, 2.75) is 13.5 Å². The van der Waals surface area contributed by atoms with Gasteiger partial charge in [0.2, 0.25) is 0 Å². The van der Waals surface area contributed by atoms with E-state index in [4.69, 9.17) is 0 Å². The van der Waals surface area contributed by atoms with E-state index in [9.17, 15) is 0 Å². The highest BCUT2D eigenvalue weighted by atomic mass is 127. The molecule has 4 nitrogen and oxygen atoms in total. The predicted molar refractivity (Wildman–Crippen MR) is 114 cm³/mol. The van der Waals surface area contributed by atoms with E-state index in [2.05, 4.69) is 51.3 Å². The molecule has 7 heteroatoms. The van der Waals surface area contributed by atoms with Gasteiger partial charge in [-0.2, -0.15) is 11.8 Å². The first kappa shape index (κ1) is 20.2. The molecular weight excluding hydrogens is 439 g/mol. The molecule has 23 heavy (non-hydrogen) atoms. The van der Waals surface area contributed by atoms with Gasteiger partial charge in [-0.1, -0.05) is 30.3 Å². The van der Waals surface area contributed by atoms with Crippen LogP contribution >= 0.6 is 47.1 Å². The predicted octanol–water partition coefficient (Wildman–Crippen LogP) is 3.85. The summed E-state index contributed by atoms with van der Waals surface area (Å²) in [6, 6.07) is 10.2. The van der Waals surface area contributed by atoms with E-state index < -0.39 is 0 Å². The van der Waals surface area contributed by atoms with Crippen LogP contribution in [0.4, 0.5) is 0 Å². The minimum absolute atomic E-state index is 0. The third-order valence-corrected chi connectivity index (χ3v) is 4.38. The third-order valence-electron chi connectivity index (χ3n) is 2.94. The van der Waals surface area contributed by atoms with Crippen molar-refractivity contribution in [3.05, 3.63) is 40.7 Å². The Morgan fingerprint density at radius 1 is 1.26 bits per heavy atom. The maximum absolute atomic E-state index is 4.66. The Hall–Kier alpha value is -0.800. The first-order chi connectivity index (χ1) is 10.8. The van der Waals surface area contributed by atoms with Crippen LogP contribution in [0.5, 0.6) is 0 Å². The molecule has 1 aromatic heterocycles. The van der Waals surface area contributed by atoms with Crippen molar-refractivity contribution in [1.29, 1.82) is 0 Å². The quantitative estimate of drug-likeness (QED) is 0.284. The molecule has 0 atom stereocenters. The van der Waals surface area contributed by atoms with Gasteiger partial charge in [0.25, 0.3) is 0 Å². The molecule has 0 aliphatic carbocycles. The van der Waals surface area contributed by atoms with Crippen LogP contribution in [0.15, 0.2) is 40.7 Å². The molecule has 0 saturated heterocycles. The number of aromatic nitrogens is 1. The lowest BCUT2D eigenvalue weighted by Gasteiger charge is -2.09. The Balaban J connectivity index is 0.00000264. The lowest BCUT2D eigenvalue weighted by Crippen LogP contribution is -2.38. The number of hydrogen-bond donors (Lipinski definition) is 2. The molecule has 0 radical (unpaired) electrons. The van der Waals surface area contributed by atoms with Crippen molar-refractivity contribution in [2.24, 2.45) is 4.99 Å². The van der Waals surface area contributed by atoms with Crippen molar-refractivity contribution < 1.29 is 0 Å². The largest absolute Gasteiger partial charge is 0.357 e. The summed E-state index contributed by atoms with van der Waals surface area (Å²) in [4.78, 5) is 9.26. The van der Waals surface area contributed by atoms with Crippen LogP contribution in [0.1, 0.15) is 11.9 Å². The Morgan fingerprint density at radius 2 is 2.04 bits per heavy atom. The summed E-state index contributed by atoms with van der Waals surface area (Å²) < 4.78 is 0. The summed E-state index contributed by atoms with van der Waals surface area (Å²) in [7, 11) is 0. The van der Waals surface area contributed by atoms with Crippen molar-refractivity contribution >= 4 is 53.0 Å². The van der Waals surface area contributed by atoms with Crippen LogP contribution in [-0.4, -0.2) is 36.0 Å². The van der Waals surface area contributed by atoms with Crippen molar-refractivity contribution in [1.82, 2.24) is 15.6 Å². The van der Waals surface area contributed by atoms with E-state index in [-0.39, 0.29) is 24.0 Å². The molecule has 0 amide bonds. The molecule has 0 aliphatic rings. The number of thioether (sulfide) groups is 1. The summed E-state index contributed by atoms with van der Waals surface area (Å²) in [6.45, 7) is 4.45. The van der Waals surface area contributed by atoms with Crippen LogP contribution in [-0.2, 0) is 6.54 Å². The number of nitrogens with zero attached hydrogens (tertiary/aromatic N) is 2. The molecule has 1 heterocycles. The van der Waals surface area contributed by atoms with Crippen LogP contribution in [0, 0.1) is 0 Å². The highest BCUT2D eigenvalue weighted by Gasteiger charge is 2.04. The van der Waals surface area contributed by atoms with E-state index in [0.717, 1.165) is 41.1 Å². The topological polar surface area (TPSA) is 49.3 Å². The lowest BCUT2D eigenvalue weighted by molar-refractivity contribution is 0.842. The fraction of sp³-hybridized carbons (Fsp3) is 0.375. The van der Waals surface area contributed by atoms with Gasteiger partial charge >= 0.3 is 0 Å². The second-order valence-electron chi connectivity index (χ2n) is 4.61. The molecule has 2 aromatic rings. The molecule has 0 saturated carbocycles. The second-order valence-corrected chi connectivity index (χ2v) is 6.54. The minimum Gasteiger partial charge on any atom is -0.357 e. The van der Waals surface area contributed by atoms with Crippen molar-refractivity contribution in [3.63, 3.8) is 0 Å². The van der Waals surface area contributed by atoms with Gasteiger partial charge in [-0.25, -0.2) is 9.98 Å². The van der Waals surface area contributed by atoms with Gasteiger partial charge in [0.1, 0.15) is 5.01 Å². The van der Waals surface area contributed by atoms with E-state index in [1.165, 1.54) is 0 Å². The minimum atomic E-state index is 0. The van der Waals surface area contributed by atoms with Crippen molar-refractivity contribution in [2.75, 3.05) is 25.1 Å². The van der Waals surface area contributed by atoms with Gasteiger partial charge in [0.05, 0.1) is 12.2 Å². The van der Waals surface area contributed by atoms with Crippen LogP contribution < -0.4 is 10.6 Å². The summed E-state index contributed by atoms with van der Waals surface area (Å²) in [5.74, 6) is 1.92. The lowest BCUT2D eigenvalue weighted by atomic mass is 10.2. The summed E-state index contributed by atoms with van der Waals surface area (Å²) in [5.41, 5.74) is 2.18. The molecule has 126 valence electrons. The monoisotopic (exact) mass is 462 g/mol. The maximum atomic E-state index is 4.66. The Labute approximate surface area is 163 Å². The Morgan fingerprint density at radius 3 is 2.74 bits per heavy atom. The number of guanidine groups is 1. The Bertz CT molecular complexity index is 587. The number of rotatable bonds is 7. The fourth-order valence-electron chi connectivity index (χ4n) is 1.88. The van der Waals surface area contributed by atoms with Gasteiger partial charge in [-0.3, -0.25) is 0 Å². The molecule has 0 fully saturated rings. The maximum Gasteiger partial charge on any atom is 0.191 e. The van der Waals surface area contributed by atoms with Gasteiger partial charge < -0.3 is 10.6 Å². The molecular formula is C16H23IN4S2. The SMILES string of the molecule is CCNC(=NCc1nc(-c2ccccc2)cs1)NCCSC.I.